The van der Waals surface area contributed by atoms with Crippen molar-refractivity contribution in [2.24, 2.45) is 12.8 Å². The summed E-state index contributed by atoms with van der Waals surface area (Å²) in [4.78, 5) is 4.64. The predicted molar refractivity (Wildman–Crippen MR) is 87.8 cm³/mol. The van der Waals surface area contributed by atoms with Crippen LogP contribution in [-0.2, 0) is 13.5 Å². The third-order valence-corrected chi connectivity index (χ3v) is 4.03. The van der Waals surface area contributed by atoms with E-state index >= 15 is 0 Å². The molecule has 0 bridgehead atoms. The zero-order valence-corrected chi connectivity index (χ0v) is 13.1. The molecule has 108 valence electrons. The van der Waals surface area contributed by atoms with Gasteiger partial charge in [0, 0.05) is 29.6 Å². The lowest BCUT2D eigenvalue weighted by Crippen LogP contribution is -2.15. The molecule has 1 heterocycles. The van der Waals surface area contributed by atoms with Crippen molar-refractivity contribution in [1.29, 1.82) is 0 Å². The zero-order chi connectivity index (χ0) is 15.0. The summed E-state index contributed by atoms with van der Waals surface area (Å²) in [5.41, 5.74) is 9.28. The largest absolute Gasteiger partial charge is 0.331 e. The van der Waals surface area contributed by atoms with Crippen molar-refractivity contribution < 1.29 is 0 Å². The summed E-state index contributed by atoms with van der Waals surface area (Å²) in [7, 11) is 2.00. The summed E-state index contributed by atoms with van der Waals surface area (Å²) in [6.07, 6.45) is 0.627. The molecule has 0 aliphatic carbocycles. The number of nitrogens with two attached hydrogens (primary N) is 1. The first kappa shape index (κ1) is 14.4. The first-order valence-electron chi connectivity index (χ1n) is 6.66. The Morgan fingerprint density at radius 1 is 1.14 bits per heavy atom. The van der Waals surface area contributed by atoms with Crippen LogP contribution in [0.1, 0.15) is 17.4 Å². The van der Waals surface area contributed by atoms with Crippen LogP contribution in [0, 0.1) is 0 Å². The van der Waals surface area contributed by atoms with Crippen molar-refractivity contribution in [3.63, 3.8) is 0 Å². The van der Waals surface area contributed by atoms with Crippen LogP contribution in [0.5, 0.6) is 0 Å². The minimum absolute atomic E-state index is 0.197. The predicted octanol–water partition coefficient (Wildman–Crippen LogP) is 4.12. The van der Waals surface area contributed by atoms with Gasteiger partial charge in [-0.3, -0.25) is 0 Å². The fourth-order valence-corrected chi connectivity index (χ4v) is 3.02. The molecule has 0 aliphatic rings. The van der Waals surface area contributed by atoms with Crippen molar-refractivity contribution in [2.45, 2.75) is 12.5 Å². The Balaban J connectivity index is 1.92. The van der Waals surface area contributed by atoms with Crippen molar-refractivity contribution >= 4 is 34.2 Å². The van der Waals surface area contributed by atoms with E-state index < -0.39 is 0 Å². The standard InChI is InChI=1S/C16H15Cl2N3/c1-21-15-5-3-2-4-14(15)20-16(21)9-13(19)10-6-11(17)8-12(18)7-10/h2-8,13H,9,19H2,1H3. The zero-order valence-electron chi connectivity index (χ0n) is 11.6. The molecule has 1 atom stereocenters. The maximum absolute atomic E-state index is 6.28. The van der Waals surface area contributed by atoms with E-state index in [1.807, 2.05) is 43.4 Å². The van der Waals surface area contributed by atoms with E-state index in [4.69, 9.17) is 28.9 Å². The summed E-state index contributed by atoms with van der Waals surface area (Å²) in [6.45, 7) is 0. The molecule has 5 heteroatoms. The monoisotopic (exact) mass is 319 g/mol. The van der Waals surface area contributed by atoms with E-state index in [1.165, 1.54) is 0 Å². The maximum atomic E-state index is 6.28. The lowest BCUT2D eigenvalue weighted by atomic mass is 10.0. The van der Waals surface area contributed by atoms with Gasteiger partial charge >= 0.3 is 0 Å². The molecule has 2 aromatic carbocycles. The van der Waals surface area contributed by atoms with Crippen LogP contribution < -0.4 is 5.73 Å². The normalized spacial score (nSPS) is 12.8. The van der Waals surface area contributed by atoms with E-state index in [0.717, 1.165) is 22.4 Å². The number of fused-ring (bicyclic) bond motifs is 1. The van der Waals surface area contributed by atoms with Crippen LogP contribution in [0.2, 0.25) is 10.0 Å². The molecule has 0 saturated heterocycles. The highest BCUT2D eigenvalue weighted by Crippen LogP contribution is 2.25. The van der Waals surface area contributed by atoms with Crippen molar-refractivity contribution in [3.05, 3.63) is 63.9 Å². The lowest BCUT2D eigenvalue weighted by Gasteiger charge is -2.13. The van der Waals surface area contributed by atoms with Crippen LogP contribution >= 0.6 is 23.2 Å². The number of nitrogens with zero attached hydrogens (tertiary/aromatic N) is 2. The van der Waals surface area contributed by atoms with Gasteiger partial charge in [-0.25, -0.2) is 4.98 Å². The highest BCUT2D eigenvalue weighted by Gasteiger charge is 2.14. The van der Waals surface area contributed by atoms with Gasteiger partial charge in [0.1, 0.15) is 5.82 Å². The van der Waals surface area contributed by atoms with Gasteiger partial charge in [0.15, 0.2) is 0 Å². The molecule has 3 nitrogen and oxygen atoms in total. The number of hydrogen-bond acceptors (Lipinski definition) is 2. The average Bonchev–Trinajstić information content (AvgIpc) is 2.75. The summed E-state index contributed by atoms with van der Waals surface area (Å²) in [6, 6.07) is 13.2. The molecule has 1 aromatic heterocycles. The van der Waals surface area contributed by atoms with E-state index in [0.29, 0.717) is 16.5 Å². The summed E-state index contributed by atoms with van der Waals surface area (Å²) < 4.78 is 2.07. The topological polar surface area (TPSA) is 43.8 Å². The maximum Gasteiger partial charge on any atom is 0.111 e. The number of rotatable bonds is 3. The van der Waals surface area contributed by atoms with Gasteiger partial charge in [-0.05, 0) is 35.9 Å². The summed E-state index contributed by atoms with van der Waals surface area (Å²) in [5.74, 6) is 0.944. The molecule has 1 unspecified atom stereocenters. The van der Waals surface area contributed by atoms with Gasteiger partial charge < -0.3 is 10.3 Å². The Bertz CT molecular complexity index is 775. The molecule has 3 rings (SSSR count). The molecule has 0 saturated carbocycles. The fraction of sp³-hybridized carbons (Fsp3) is 0.188. The van der Waals surface area contributed by atoms with Gasteiger partial charge in [0.25, 0.3) is 0 Å². The second-order valence-corrected chi connectivity index (χ2v) is 5.96. The molecule has 0 radical (unpaired) electrons. The van der Waals surface area contributed by atoms with Gasteiger partial charge in [-0.2, -0.15) is 0 Å². The Kier molecular flexibility index (Phi) is 3.89. The van der Waals surface area contributed by atoms with Gasteiger partial charge in [0.2, 0.25) is 0 Å². The Morgan fingerprint density at radius 3 is 2.48 bits per heavy atom. The van der Waals surface area contributed by atoms with Crippen LogP contribution in [0.15, 0.2) is 42.5 Å². The molecular formula is C16H15Cl2N3. The SMILES string of the molecule is Cn1c(CC(N)c2cc(Cl)cc(Cl)c2)nc2ccccc21. The number of aromatic nitrogens is 2. The molecule has 2 N–H and O–H groups in total. The van der Waals surface area contributed by atoms with Crippen LogP contribution in [0.25, 0.3) is 11.0 Å². The van der Waals surface area contributed by atoms with Crippen LogP contribution in [0.4, 0.5) is 0 Å². The number of halogens is 2. The Morgan fingerprint density at radius 2 is 1.81 bits per heavy atom. The first-order valence-corrected chi connectivity index (χ1v) is 7.42. The molecular weight excluding hydrogens is 305 g/mol. The van der Waals surface area contributed by atoms with Crippen LogP contribution in [-0.4, -0.2) is 9.55 Å². The number of benzene rings is 2. The Labute approximate surface area is 133 Å². The van der Waals surface area contributed by atoms with Crippen molar-refractivity contribution in [1.82, 2.24) is 9.55 Å². The third kappa shape index (κ3) is 2.91. The molecule has 0 amide bonds. The van der Waals surface area contributed by atoms with E-state index in [2.05, 4.69) is 9.55 Å². The van der Waals surface area contributed by atoms with Crippen molar-refractivity contribution in [3.8, 4) is 0 Å². The second-order valence-electron chi connectivity index (χ2n) is 5.09. The molecule has 0 aliphatic heterocycles. The highest BCUT2D eigenvalue weighted by atomic mass is 35.5. The van der Waals surface area contributed by atoms with E-state index in [-0.39, 0.29) is 6.04 Å². The molecule has 3 aromatic rings. The second kappa shape index (κ2) is 5.68. The lowest BCUT2D eigenvalue weighted by molar-refractivity contribution is 0.665. The van der Waals surface area contributed by atoms with E-state index in [9.17, 15) is 0 Å². The highest BCUT2D eigenvalue weighted by molar-refractivity contribution is 6.34. The van der Waals surface area contributed by atoms with Gasteiger partial charge in [0.05, 0.1) is 11.0 Å². The van der Waals surface area contributed by atoms with Gasteiger partial charge in [-0.1, -0.05) is 35.3 Å². The van der Waals surface area contributed by atoms with Crippen LogP contribution in [0.3, 0.4) is 0 Å². The first-order chi connectivity index (χ1) is 10.0. The smallest absolute Gasteiger partial charge is 0.111 e. The van der Waals surface area contributed by atoms with Crippen molar-refractivity contribution in [2.75, 3.05) is 0 Å². The minimum Gasteiger partial charge on any atom is -0.331 e. The van der Waals surface area contributed by atoms with Gasteiger partial charge in [-0.15, -0.1) is 0 Å². The Hall–Kier alpha value is -1.55. The fourth-order valence-electron chi connectivity index (χ4n) is 2.48. The number of hydrogen-bond donors (Lipinski definition) is 1. The average molecular weight is 320 g/mol. The number of imidazole rings is 1. The number of para-hydroxylation sites is 2. The quantitative estimate of drug-likeness (QED) is 0.789. The van der Waals surface area contributed by atoms with E-state index in [1.54, 1.807) is 6.07 Å². The third-order valence-electron chi connectivity index (χ3n) is 3.60. The minimum atomic E-state index is -0.197. The number of aryl methyl sites for hydroxylation is 1. The molecule has 0 spiro atoms. The molecule has 21 heavy (non-hydrogen) atoms. The molecule has 0 fully saturated rings. The summed E-state index contributed by atoms with van der Waals surface area (Å²) >= 11 is 12.1. The summed E-state index contributed by atoms with van der Waals surface area (Å²) in [5, 5.41) is 1.19.